The molecule has 1 aromatic carbocycles. The van der Waals surface area contributed by atoms with E-state index in [1.807, 2.05) is 29.5 Å². The molecule has 0 aromatic heterocycles. The van der Waals surface area contributed by atoms with Crippen molar-refractivity contribution in [2.75, 3.05) is 0 Å². The molecule has 0 fully saturated rings. The lowest BCUT2D eigenvalue weighted by Crippen LogP contribution is -1.94. The highest BCUT2D eigenvalue weighted by atomic mass is 127. The highest BCUT2D eigenvalue weighted by Gasteiger charge is 2.08. The van der Waals surface area contributed by atoms with Gasteiger partial charge in [-0.3, -0.25) is 0 Å². The summed E-state index contributed by atoms with van der Waals surface area (Å²) in [5.41, 5.74) is 0.961. The third-order valence-electron chi connectivity index (χ3n) is 1.31. The minimum atomic E-state index is -2.91. The van der Waals surface area contributed by atoms with Gasteiger partial charge in [0.15, 0.2) is 5.75 Å². The molecule has 0 saturated carbocycles. The summed E-state index contributed by atoms with van der Waals surface area (Å²) in [5.74, 6) is 0.198. The van der Waals surface area contributed by atoms with Gasteiger partial charge in [0.1, 0.15) is 0 Å². The standard InChI is InChI=1S/C7H6ClIO3S/c1-4-2-5(8)7(6(9)3-4)12-13(10)11/h2-3,13H,1H3. The van der Waals surface area contributed by atoms with Crippen molar-refractivity contribution in [3.8, 4) is 5.75 Å². The Morgan fingerprint density at radius 1 is 1.46 bits per heavy atom. The van der Waals surface area contributed by atoms with Gasteiger partial charge in [-0.15, -0.1) is 0 Å². The predicted molar refractivity (Wildman–Crippen MR) is 59.8 cm³/mol. The second kappa shape index (κ2) is 4.47. The molecule has 0 aliphatic rings. The number of hydrogen-bond acceptors (Lipinski definition) is 3. The van der Waals surface area contributed by atoms with Crippen LogP contribution >= 0.6 is 34.2 Å². The van der Waals surface area contributed by atoms with Crippen LogP contribution < -0.4 is 4.18 Å². The van der Waals surface area contributed by atoms with E-state index in [2.05, 4.69) is 4.18 Å². The first-order valence-electron chi connectivity index (χ1n) is 3.28. The van der Waals surface area contributed by atoms with Crippen molar-refractivity contribution in [1.29, 1.82) is 0 Å². The fourth-order valence-corrected chi connectivity index (χ4v) is 2.79. The molecule has 0 bridgehead atoms. The van der Waals surface area contributed by atoms with Gasteiger partial charge in [0.25, 0.3) is 11.0 Å². The molecule has 0 N–H and O–H groups in total. The van der Waals surface area contributed by atoms with Crippen LogP contribution in [0.3, 0.4) is 0 Å². The highest BCUT2D eigenvalue weighted by Crippen LogP contribution is 2.31. The first-order chi connectivity index (χ1) is 6.00. The van der Waals surface area contributed by atoms with Crippen molar-refractivity contribution in [2.45, 2.75) is 6.92 Å². The van der Waals surface area contributed by atoms with Gasteiger partial charge in [0.05, 0.1) is 8.59 Å². The van der Waals surface area contributed by atoms with Gasteiger partial charge in [-0.2, -0.15) is 8.42 Å². The number of hydrogen-bond donors (Lipinski definition) is 1. The first kappa shape index (κ1) is 11.1. The molecule has 3 nitrogen and oxygen atoms in total. The van der Waals surface area contributed by atoms with E-state index in [4.69, 9.17) is 11.6 Å². The summed E-state index contributed by atoms with van der Waals surface area (Å²) >= 11 is 7.75. The van der Waals surface area contributed by atoms with Gasteiger partial charge in [0, 0.05) is 0 Å². The summed E-state index contributed by atoms with van der Waals surface area (Å²) in [6.45, 7) is 1.87. The quantitative estimate of drug-likeness (QED) is 0.667. The molecule has 0 radical (unpaired) electrons. The Kier molecular flexibility index (Phi) is 3.81. The molecule has 0 atom stereocenters. The Hall–Kier alpha value is -0.0100. The summed E-state index contributed by atoms with van der Waals surface area (Å²) in [6, 6.07) is 3.44. The topological polar surface area (TPSA) is 43.4 Å². The first-order valence-corrected chi connectivity index (χ1v) is 5.84. The molecular weight excluding hydrogens is 326 g/mol. The second-order valence-electron chi connectivity index (χ2n) is 2.37. The molecule has 0 amide bonds. The van der Waals surface area contributed by atoms with Gasteiger partial charge in [-0.05, 0) is 47.2 Å². The third kappa shape index (κ3) is 2.99. The number of rotatable bonds is 2. The van der Waals surface area contributed by atoms with E-state index in [0.717, 1.165) is 5.56 Å². The molecule has 0 aliphatic heterocycles. The zero-order valence-corrected chi connectivity index (χ0v) is 10.4. The molecule has 6 heteroatoms. The van der Waals surface area contributed by atoms with Crippen LogP contribution in [0.2, 0.25) is 5.02 Å². The van der Waals surface area contributed by atoms with Crippen LogP contribution in [-0.4, -0.2) is 8.42 Å². The van der Waals surface area contributed by atoms with Gasteiger partial charge in [0.2, 0.25) is 0 Å². The SMILES string of the molecule is Cc1cc(Cl)c(O[SH](=O)=O)c(I)c1. The van der Waals surface area contributed by atoms with E-state index in [1.54, 1.807) is 12.1 Å². The van der Waals surface area contributed by atoms with E-state index >= 15 is 0 Å². The average molecular weight is 333 g/mol. The maximum atomic E-state index is 10.3. The van der Waals surface area contributed by atoms with Gasteiger partial charge >= 0.3 is 0 Å². The fourth-order valence-electron chi connectivity index (χ4n) is 0.848. The monoisotopic (exact) mass is 332 g/mol. The normalized spacial score (nSPS) is 10.5. The number of aryl methyl sites for hydroxylation is 1. The molecule has 0 aliphatic carbocycles. The van der Waals surface area contributed by atoms with Crippen molar-refractivity contribution < 1.29 is 12.6 Å². The van der Waals surface area contributed by atoms with Crippen molar-refractivity contribution in [1.82, 2.24) is 0 Å². The maximum Gasteiger partial charge on any atom is 0.299 e. The van der Waals surface area contributed by atoms with Crippen LogP contribution in [0, 0.1) is 10.5 Å². The molecule has 0 unspecified atom stereocenters. The minimum Gasteiger partial charge on any atom is -0.382 e. The summed E-state index contributed by atoms with van der Waals surface area (Å²) in [6.07, 6.45) is 0. The summed E-state index contributed by atoms with van der Waals surface area (Å²) in [5, 5.41) is 0.309. The summed E-state index contributed by atoms with van der Waals surface area (Å²) in [4.78, 5) is 0. The molecule has 13 heavy (non-hydrogen) atoms. The Morgan fingerprint density at radius 3 is 2.54 bits per heavy atom. The fraction of sp³-hybridized carbons (Fsp3) is 0.143. The van der Waals surface area contributed by atoms with E-state index in [0.29, 0.717) is 8.59 Å². The van der Waals surface area contributed by atoms with E-state index in [-0.39, 0.29) is 5.75 Å². The zero-order valence-electron chi connectivity index (χ0n) is 6.58. The highest BCUT2D eigenvalue weighted by molar-refractivity contribution is 14.1. The van der Waals surface area contributed by atoms with Crippen molar-refractivity contribution in [3.63, 3.8) is 0 Å². The van der Waals surface area contributed by atoms with Crippen molar-refractivity contribution in [2.24, 2.45) is 0 Å². The van der Waals surface area contributed by atoms with Crippen LogP contribution in [0.4, 0.5) is 0 Å². The van der Waals surface area contributed by atoms with Crippen LogP contribution in [0.25, 0.3) is 0 Å². The van der Waals surface area contributed by atoms with Crippen LogP contribution in [0.1, 0.15) is 5.56 Å². The molecule has 72 valence electrons. The maximum absolute atomic E-state index is 10.3. The summed E-state index contributed by atoms with van der Waals surface area (Å²) < 4.78 is 25.8. The third-order valence-corrected chi connectivity index (χ3v) is 2.72. The van der Waals surface area contributed by atoms with Crippen LogP contribution in [-0.2, 0) is 11.0 Å². The van der Waals surface area contributed by atoms with E-state index in [1.165, 1.54) is 0 Å². The lowest BCUT2D eigenvalue weighted by molar-refractivity contribution is 0.509. The van der Waals surface area contributed by atoms with E-state index < -0.39 is 11.0 Å². The number of halogens is 2. The number of benzene rings is 1. The molecule has 0 spiro atoms. The average Bonchev–Trinajstić information content (AvgIpc) is 1.96. The van der Waals surface area contributed by atoms with Crippen LogP contribution in [0.5, 0.6) is 5.75 Å². The van der Waals surface area contributed by atoms with Crippen molar-refractivity contribution in [3.05, 3.63) is 26.3 Å². The predicted octanol–water partition coefficient (Wildman–Crippen LogP) is 2.16. The Labute approximate surface area is 96.3 Å². The lowest BCUT2D eigenvalue weighted by atomic mass is 10.2. The Bertz CT molecular complexity index is 372. The molecule has 0 saturated heterocycles. The number of thiol groups is 1. The minimum absolute atomic E-state index is 0.198. The molecule has 1 aromatic rings. The zero-order chi connectivity index (χ0) is 10.0. The van der Waals surface area contributed by atoms with Crippen molar-refractivity contribution >= 4 is 45.2 Å². The molecule has 0 heterocycles. The van der Waals surface area contributed by atoms with Gasteiger partial charge in [-0.1, -0.05) is 11.6 Å². The second-order valence-corrected chi connectivity index (χ2v) is 4.57. The molecule has 1 rings (SSSR count). The largest absolute Gasteiger partial charge is 0.382 e. The Morgan fingerprint density at radius 2 is 2.08 bits per heavy atom. The van der Waals surface area contributed by atoms with Gasteiger partial charge < -0.3 is 4.18 Å². The lowest BCUT2D eigenvalue weighted by Gasteiger charge is -2.04. The smallest absolute Gasteiger partial charge is 0.299 e. The van der Waals surface area contributed by atoms with Crippen LogP contribution in [0.15, 0.2) is 12.1 Å². The van der Waals surface area contributed by atoms with E-state index in [9.17, 15) is 8.42 Å². The summed E-state index contributed by atoms with van der Waals surface area (Å²) in [7, 11) is -2.91. The Balaban J connectivity index is 3.20. The van der Waals surface area contributed by atoms with Gasteiger partial charge in [-0.25, -0.2) is 0 Å². The molecular formula is C7H6ClIO3S.